The molecule has 0 atom stereocenters. The van der Waals surface area contributed by atoms with Crippen molar-refractivity contribution in [3.63, 3.8) is 0 Å². The highest BCUT2D eigenvalue weighted by molar-refractivity contribution is 5.92. The van der Waals surface area contributed by atoms with Gasteiger partial charge in [0.15, 0.2) is 0 Å². The number of nitrogens with one attached hydrogen (secondary N) is 1. The van der Waals surface area contributed by atoms with Gasteiger partial charge in [0.25, 0.3) is 5.91 Å². The van der Waals surface area contributed by atoms with Crippen LogP contribution in [0.4, 0.5) is 0 Å². The highest BCUT2D eigenvalue weighted by Gasteiger charge is 2.35. The normalized spacial score (nSPS) is 16.3. The Morgan fingerprint density at radius 1 is 1.31 bits per heavy atom. The summed E-state index contributed by atoms with van der Waals surface area (Å²) >= 11 is 0. The number of pyridine rings is 1. The van der Waals surface area contributed by atoms with Crippen LogP contribution >= 0.6 is 0 Å². The van der Waals surface area contributed by atoms with Gasteiger partial charge in [-0.25, -0.2) is 0 Å². The van der Waals surface area contributed by atoms with E-state index in [0.29, 0.717) is 25.2 Å². The third kappa shape index (κ3) is 3.34. The van der Waals surface area contributed by atoms with Crippen molar-refractivity contribution in [1.29, 1.82) is 0 Å². The van der Waals surface area contributed by atoms with Crippen LogP contribution in [0.25, 0.3) is 0 Å². The zero-order chi connectivity index (χ0) is 18.1. The SMILES string of the molecule is Cn1nc(CCNC(=O)c2ccccn2)c2c1CCN(C(=O)C1CC1)C2. The second kappa shape index (κ2) is 6.90. The van der Waals surface area contributed by atoms with E-state index in [1.807, 2.05) is 16.6 Å². The summed E-state index contributed by atoms with van der Waals surface area (Å²) < 4.78 is 1.92. The van der Waals surface area contributed by atoms with Gasteiger partial charge in [-0.1, -0.05) is 6.07 Å². The lowest BCUT2D eigenvalue weighted by Crippen LogP contribution is -2.37. The number of amides is 2. The summed E-state index contributed by atoms with van der Waals surface area (Å²) in [7, 11) is 1.95. The summed E-state index contributed by atoms with van der Waals surface area (Å²) in [6, 6.07) is 5.27. The summed E-state index contributed by atoms with van der Waals surface area (Å²) in [4.78, 5) is 30.5. The molecule has 0 saturated heterocycles. The van der Waals surface area contributed by atoms with E-state index >= 15 is 0 Å². The first-order chi connectivity index (χ1) is 12.6. The van der Waals surface area contributed by atoms with E-state index in [9.17, 15) is 9.59 Å². The molecule has 0 radical (unpaired) electrons. The third-order valence-corrected chi connectivity index (χ3v) is 5.11. The number of carbonyl (C=O) groups excluding carboxylic acids is 2. The maximum atomic E-state index is 12.4. The first kappa shape index (κ1) is 16.8. The minimum atomic E-state index is -0.180. The molecule has 2 aliphatic rings. The molecule has 2 aromatic rings. The van der Waals surface area contributed by atoms with Gasteiger partial charge in [-0.05, 0) is 25.0 Å². The standard InChI is InChI=1S/C19H23N5O2/c1-23-17-8-11-24(19(26)13-5-6-13)12-14(17)15(22-23)7-10-21-18(25)16-4-2-3-9-20-16/h2-4,9,13H,5-8,10-12H2,1H3,(H,21,25). The topological polar surface area (TPSA) is 80.1 Å². The molecular formula is C19H23N5O2. The second-order valence-electron chi connectivity index (χ2n) is 7.00. The number of carbonyl (C=O) groups is 2. The Hall–Kier alpha value is -2.70. The van der Waals surface area contributed by atoms with Crippen LogP contribution in [0.2, 0.25) is 0 Å². The lowest BCUT2D eigenvalue weighted by atomic mass is 10.0. The van der Waals surface area contributed by atoms with Gasteiger partial charge in [0.1, 0.15) is 5.69 Å². The molecule has 0 aromatic carbocycles. The van der Waals surface area contributed by atoms with Crippen LogP contribution in [0.5, 0.6) is 0 Å². The van der Waals surface area contributed by atoms with Crippen LogP contribution in [0.3, 0.4) is 0 Å². The van der Waals surface area contributed by atoms with Crippen LogP contribution in [0.15, 0.2) is 24.4 Å². The highest BCUT2D eigenvalue weighted by atomic mass is 16.2. The van der Waals surface area contributed by atoms with E-state index in [-0.39, 0.29) is 17.7 Å². The van der Waals surface area contributed by atoms with Crippen LogP contribution in [0, 0.1) is 5.92 Å². The smallest absolute Gasteiger partial charge is 0.269 e. The fourth-order valence-corrected chi connectivity index (χ4v) is 3.53. The monoisotopic (exact) mass is 353 g/mol. The van der Waals surface area contributed by atoms with Crippen molar-refractivity contribution in [2.24, 2.45) is 13.0 Å². The Balaban J connectivity index is 1.40. The zero-order valence-corrected chi connectivity index (χ0v) is 14.9. The molecule has 7 heteroatoms. The van der Waals surface area contributed by atoms with Gasteiger partial charge < -0.3 is 10.2 Å². The van der Waals surface area contributed by atoms with Crippen LogP contribution in [-0.4, -0.2) is 44.6 Å². The Morgan fingerprint density at radius 2 is 2.15 bits per heavy atom. The maximum Gasteiger partial charge on any atom is 0.269 e. The lowest BCUT2D eigenvalue weighted by molar-refractivity contribution is -0.133. The van der Waals surface area contributed by atoms with Crippen molar-refractivity contribution in [1.82, 2.24) is 25.0 Å². The average molecular weight is 353 g/mol. The van der Waals surface area contributed by atoms with Crippen molar-refractivity contribution in [3.8, 4) is 0 Å². The van der Waals surface area contributed by atoms with E-state index in [1.165, 1.54) is 5.69 Å². The quantitative estimate of drug-likeness (QED) is 0.872. The van der Waals surface area contributed by atoms with Gasteiger partial charge >= 0.3 is 0 Å². The van der Waals surface area contributed by atoms with Gasteiger partial charge in [0.2, 0.25) is 5.91 Å². The van der Waals surface area contributed by atoms with E-state index in [4.69, 9.17) is 0 Å². The van der Waals surface area contributed by atoms with Gasteiger partial charge in [-0.15, -0.1) is 0 Å². The Kier molecular flexibility index (Phi) is 4.44. The molecule has 4 rings (SSSR count). The molecule has 7 nitrogen and oxygen atoms in total. The predicted octanol–water partition coefficient (Wildman–Crippen LogP) is 1.08. The molecule has 136 valence electrons. The molecule has 26 heavy (non-hydrogen) atoms. The van der Waals surface area contributed by atoms with Gasteiger partial charge in [-0.3, -0.25) is 19.3 Å². The summed E-state index contributed by atoms with van der Waals surface area (Å²) in [5.74, 6) is 0.351. The summed E-state index contributed by atoms with van der Waals surface area (Å²) in [6.07, 6.45) is 5.16. The average Bonchev–Trinajstić information content (AvgIpc) is 3.47. The molecule has 2 aromatic heterocycles. The minimum absolute atomic E-state index is 0.180. The Labute approximate surface area is 152 Å². The van der Waals surface area contributed by atoms with Crippen molar-refractivity contribution in [2.45, 2.75) is 32.2 Å². The predicted molar refractivity (Wildman–Crippen MR) is 95.3 cm³/mol. The number of rotatable bonds is 5. The Morgan fingerprint density at radius 3 is 2.88 bits per heavy atom. The molecule has 0 unspecified atom stereocenters. The van der Waals surface area contributed by atoms with Crippen molar-refractivity contribution in [2.75, 3.05) is 13.1 Å². The molecule has 1 fully saturated rings. The molecule has 0 spiro atoms. The van der Waals surface area contributed by atoms with Crippen molar-refractivity contribution >= 4 is 11.8 Å². The second-order valence-corrected chi connectivity index (χ2v) is 7.00. The summed E-state index contributed by atoms with van der Waals surface area (Å²) in [6.45, 7) is 1.91. The van der Waals surface area contributed by atoms with E-state index in [2.05, 4.69) is 15.4 Å². The molecule has 1 aliphatic heterocycles. The third-order valence-electron chi connectivity index (χ3n) is 5.11. The highest BCUT2D eigenvalue weighted by Crippen LogP contribution is 2.33. The zero-order valence-electron chi connectivity index (χ0n) is 14.9. The van der Waals surface area contributed by atoms with Gasteiger partial charge in [0, 0.05) is 62.9 Å². The molecule has 0 bridgehead atoms. The Bertz CT molecular complexity index is 826. The van der Waals surface area contributed by atoms with Crippen molar-refractivity contribution in [3.05, 3.63) is 47.0 Å². The molecule has 1 N–H and O–H groups in total. The van der Waals surface area contributed by atoms with Crippen LogP contribution in [0.1, 0.15) is 40.3 Å². The van der Waals surface area contributed by atoms with Crippen LogP contribution in [-0.2, 0) is 31.2 Å². The molecular weight excluding hydrogens is 330 g/mol. The number of hydrogen-bond acceptors (Lipinski definition) is 4. The van der Waals surface area contributed by atoms with E-state index in [0.717, 1.165) is 37.1 Å². The van der Waals surface area contributed by atoms with Gasteiger partial charge in [0.05, 0.1) is 5.69 Å². The first-order valence-electron chi connectivity index (χ1n) is 9.15. The fraction of sp³-hybridized carbons (Fsp3) is 0.474. The summed E-state index contributed by atoms with van der Waals surface area (Å²) in [5.41, 5.74) is 3.74. The van der Waals surface area contributed by atoms with Crippen molar-refractivity contribution < 1.29 is 9.59 Å². The number of hydrogen-bond donors (Lipinski definition) is 1. The fourth-order valence-electron chi connectivity index (χ4n) is 3.53. The molecule has 3 heterocycles. The van der Waals surface area contributed by atoms with E-state index in [1.54, 1.807) is 24.4 Å². The van der Waals surface area contributed by atoms with Gasteiger partial charge in [-0.2, -0.15) is 5.10 Å². The molecule has 1 aliphatic carbocycles. The number of nitrogens with zero attached hydrogens (tertiary/aromatic N) is 4. The lowest BCUT2D eigenvalue weighted by Gasteiger charge is -2.28. The number of aromatic nitrogens is 3. The maximum absolute atomic E-state index is 12.4. The number of aryl methyl sites for hydroxylation is 1. The van der Waals surface area contributed by atoms with E-state index < -0.39 is 0 Å². The largest absolute Gasteiger partial charge is 0.350 e. The molecule has 2 amide bonds. The first-order valence-corrected chi connectivity index (χ1v) is 9.15. The van der Waals surface area contributed by atoms with Crippen LogP contribution < -0.4 is 5.32 Å². The minimum Gasteiger partial charge on any atom is -0.350 e. The summed E-state index contributed by atoms with van der Waals surface area (Å²) in [5, 5.41) is 7.52. The number of fused-ring (bicyclic) bond motifs is 1. The molecule has 1 saturated carbocycles.